The van der Waals surface area contributed by atoms with Gasteiger partial charge in [0.15, 0.2) is 0 Å². The number of thiophene rings is 1. The number of fused-ring (bicyclic) bond motifs is 2. The summed E-state index contributed by atoms with van der Waals surface area (Å²) in [5.41, 5.74) is 2.65. The summed E-state index contributed by atoms with van der Waals surface area (Å²) in [6.45, 7) is 0. The van der Waals surface area contributed by atoms with Crippen LogP contribution < -0.4 is 5.32 Å². The fraction of sp³-hybridized carbons (Fsp3) is 0.231. The fourth-order valence-electron chi connectivity index (χ4n) is 4.64. The maximum atomic E-state index is 13.6. The molecular weight excluding hydrogens is 452 g/mol. The largest absolute Gasteiger partial charge is 0.465 e. The van der Waals surface area contributed by atoms with Gasteiger partial charge in [-0.25, -0.2) is 4.79 Å². The average Bonchev–Trinajstić information content (AvgIpc) is 3.50. The van der Waals surface area contributed by atoms with Gasteiger partial charge in [-0.05, 0) is 42.5 Å². The van der Waals surface area contributed by atoms with Crippen LogP contribution in [0, 0.1) is 0 Å². The van der Waals surface area contributed by atoms with Gasteiger partial charge in [0.05, 0.1) is 23.8 Å². The van der Waals surface area contributed by atoms with Crippen LogP contribution in [0.4, 0.5) is 5.00 Å². The molecule has 2 aliphatic rings. The summed E-state index contributed by atoms with van der Waals surface area (Å²) in [5.74, 6) is -2.03. The molecule has 1 aliphatic carbocycles. The Bertz CT molecular complexity index is 1280. The number of aryl methyl sites for hydroxylation is 1. The van der Waals surface area contributed by atoms with Gasteiger partial charge in [-0.3, -0.25) is 19.3 Å². The number of hydrogen-bond donors (Lipinski definition) is 1. The van der Waals surface area contributed by atoms with E-state index in [1.807, 2.05) is 30.3 Å². The molecule has 0 unspecified atom stereocenters. The molecule has 0 radical (unpaired) electrons. The fourth-order valence-corrected chi connectivity index (χ4v) is 5.92. The van der Waals surface area contributed by atoms with Crippen LogP contribution in [0.1, 0.15) is 53.5 Å². The highest BCUT2D eigenvalue weighted by Crippen LogP contribution is 2.40. The number of rotatable bonds is 6. The lowest BCUT2D eigenvalue weighted by atomic mass is 10.0. The number of anilines is 1. The summed E-state index contributed by atoms with van der Waals surface area (Å²) in [7, 11) is 1.31. The standard InChI is InChI=1S/C26H22N2O5S/c1-33-26(32)21-18-12-7-13-20(18)34-23(21)27-22(29)19(14-15-8-3-2-4-9-15)28-24(30)16-10-5-6-11-17(16)25(28)31/h2-6,8-11,19H,7,12-14H2,1H3,(H,27,29)/t19-/m1/s1. The van der Waals surface area contributed by atoms with Crippen LogP contribution in [0.25, 0.3) is 0 Å². The summed E-state index contributed by atoms with van der Waals surface area (Å²) >= 11 is 1.35. The second-order valence-corrected chi connectivity index (χ2v) is 9.38. The summed E-state index contributed by atoms with van der Waals surface area (Å²) < 4.78 is 4.97. The number of methoxy groups -OCH3 is 1. The van der Waals surface area contributed by atoms with E-state index in [9.17, 15) is 19.2 Å². The predicted octanol–water partition coefficient (Wildman–Crippen LogP) is 3.87. The van der Waals surface area contributed by atoms with Crippen molar-refractivity contribution >= 4 is 40.0 Å². The molecular formula is C26H22N2O5S. The monoisotopic (exact) mass is 474 g/mol. The van der Waals surface area contributed by atoms with Gasteiger partial charge in [0.25, 0.3) is 11.8 Å². The van der Waals surface area contributed by atoms with Gasteiger partial charge in [0, 0.05) is 11.3 Å². The number of imide groups is 1. The van der Waals surface area contributed by atoms with Gasteiger partial charge in [0.2, 0.25) is 5.91 Å². The molecule has 7 nitrogen and oxygen atoms in total. The van der Waals surface area contributed by atoms with Crippen molar-refractivity contribution in [2.45, 2.75) is 31.7 Å². The van der Waals surface area contributed by atoms with Crippen molar-refractivity contribution in [1.29, 1.82) is 0 Å². The van der Waals surface area contributed by atoms with E-state index in [2.05, 4.69) is 5.32 Å². The summed E-state index contributed by atoms with van der Waals surface area (Å²) in [6.07, 6.45) is 2.69. The lowest BCUT2D eigenvalue weighted by Gasteiger charge is -2.25. The van der Waals surface area contributed by atoms with Crippen LogP contribution in [-0.4, -0.2) is 41.7 Å². The topological polar surface area (TPSA) is 92.8 Å². The van der Waals surface area contributed by atoms with Gasteiger partial charge < -0.3 is 10.1 Å². The van der Waals surface area contributed by atoms with Crippen LogP contribution in [0.15, 0.2) is 54.6 Å². The summed E-state index contributed by atoms with van der Waals surface area (Å²) in [5, 5.41) is 3.25. The molecule has 0 spiro atoms. The predicted molar refractivity (Wildman–Crippen MR) is 127 cm³/mol. The molecule has 1 N–H and O–H groups in total. The quantitative estimate of drug-likeness (QED) is 0.433. The minimum Gasteiger partial charge on any atom is -0.465 e. The van der Waals surface area contributed by atoms with Crippen LogP contribution in [-0.2, 0) is 28.8 Å². The Kier molecular flexibility index (Phi) is 5.75. The number of carbonyl (C=O) groups is 4. The van der Waals surface area contributed by atoms with Crippen LogP contribution >= 0.6 is 11.3 Å². The molecule has 5 rings (SSSR count). The first-order valence-corrected chi connectivity index (χ1v) is 11.9. The zero-order valence-corrected chi connectivity index (χ0v) is 19.3. The number of carbonyl (C=O) groups excluding carboxylic acids is 4. The minimum absolute atomic E-state index is 0.150. The first kappa shape index (κ1) is 22.0. The first-order chi connectivity index (χ1) is 16.5. The Balaban J connectivity index is 1.51. The average molecular weight is 475 g/mol. The molecule has 3 amide bonds. The lowest BCUT2D eigenvalue weighted by Crippen LogP contribution is -2.48. The molecule has 3 aromatic rings. The summed E-state index contributed by atoms with van der Waals surface area (Å²) in [6, 6.07) is 14.7. The molecule has 1 aliphatic heterocycles. The van der Waals surface area contributed by atoms with E-state index >= 15 is 0 Å². The number of nitrogens with zero attached hydrogens (tertiary/aromatic N) is 1. The number of esters is 1. The SMILES string of the molecule is COC(=O)c1c(NC(=O)[C@@H](Cc2ccccc2)N2C(=O)c3ccccc3C2=O)sc2c1CCC2. The highest BCUT2D eigenvalue weighted by molar-refractivity contribution is 7.17. The van der Waals surface area contributed by atoms with Crippen molar-refractivity contribution in [2.75, 3.05) is 12.4 Å². The van der Waals surface area contributed by atoms with E-state index < -0.39 is 29.7 Å². The Morgan fingerprint density at radius 2 is 1.65 bits per heavy atom. The Morgan fingerprint density at radius 3 is 2.29 bits per heavy atom. The highest BCUT2D eigenvalue weighted by Gasteiger charge is 2.43. The van der Waals surface area contributed by atoms with E-state index in [1.54, 1.807) is 24.3 Å². The number of amides is 3. The maximum absolute atomic E-state index is 13.6. The van der Waals surface area contributed by atoms with Gasteiger partial charge in [-0.2, -0.15) is 0 Å². The summed E-state index contributed by atoms with van der Waals surface area (Å²) in [4.78, 5) is 54.6. The van der Waals surface area contributed by atoms with Gasteiger partial charge in [-0.15, -0.1) is 11.3 Å². The van der Waals surface area contributed by atoms with Crippen molar-refractivity contribution in [3.63, 3.8) is 0 Å². The van der Waals surface area contributed by atoms with Crippen molar-refractivity contribution < 1.29 is 23.9 Å². The van der Waals surface area contributed by atoms with Crippen molar-refractivity contribution in [2.24, 2.45) is 0 Å². The zero-order valence-electron chi connectivity index (χ0n) is 18.5. The van der Waals surface area contributed by atoms with Crippen LogP contribution in [0.2, 0.25) is 0 Å². The molecule has 2 heterocycles. The van der Waals surface area contributed by atoms with Gasteiger partial charge in [-0.1, -0.05) is 42.5 Å². The third-order valence-corrected chi connectivity index (χ3v) is 7.47. The number of hydrogen-bond acceptors (Lipinski definition) is 6. The van der Waals surface area contributed by atoms with Crippen molar-refractivity contribution in [1.82, 2.24) is 4.90 Å². The number of benzene rings is 2. The smallest absolute Gasteiger partial charge is 0.341 e. The molecule has 1 atom stereocenters. The molecule has 0 saturated carbocycles. The molecule has 0 saturated heterocycles. The third-order valence-electron chi connectivity index (χ3n) is 6.26. The second-order valence-electron chi connectivity index (χ2n) is 8.27. The molecule has 34 heavy (non-hydrogen) atoms. The van der Waals surface area contributed by atoms with Gasteiger partial charge >= 0.3 is 5.97 Å². The van der Waals surface area contributed by atoms with E-state index in [0.717, 1.165) is 40.2 Å². The Morgan fingerprint density at radius 1 is 1.00 bits per heavy atom. The van der Waals surface area contributed by atoms with E-state index in [1.165, 1.54) is 18.4 Å². The van der Waals surface area contributed by atoms with Crippen LogP contribution in [0.3, 0.4) is 0 Å². The van der Waals surface area contributed by atoms with Gasteiger partial charge in [0.1, 0.15) is 11.0 Å². The minimum atomic E-state index is -1.09. The number of nitrogens with one attached hydrogen (secondary N) is 1. The molecule has 1 aromatic heterocycles. The molecule has 8 heteroatoms. The molecule has 172 valence electrons. The molecule has 0 fully saturated rings. The molecule has 0 bridgehead atoms. The van der Waals surface area contributed by atoms with Crippen LogP contribution in [0.5, 0.6) is 0 Å². The normalized spacial score (nSPS) is 15.1. The maximum Gasteiger partial charge on any atom is 0.341 e. The van der Waals surface area contributed by atoms with Crippen molar-refractivity contribution in [3.05, 3.63) is 87.3 Å². The Labute approximate surface area is 200 Å². The Hall–Kier alpha value is -3.78. The van der Waals surface area contributed by atoms with E-state index in [0.29, 0.717) is 10.6 Å². The first-order valence-electron chi connectivity index (χ1n) is 11.0. The molecule has 2 aromatic carbocycles. The third kappa shape index (κ3) is 3.70. The van der Waals surface area contributed by atoms with Crippen molar-refractivity contribution in [3.8, 4) is 0 Å². The van der Waals surface area contributed by atoms with E-state index in [4.69, 9.17) is 4.74 Å². The highest BCUT2D eigenvalue weighted by atomic mass is 32.1. The number of ether oxygens (including phenoxy) is 1. The lowest BCUT2D eigenvalue weighted by molar-refractivity contribution is -0.119. The zero-order chi connectivity index (χ0) is 23.8. The van der Waals surface area contributed by atoms with E-state index in [-0.39, 0.29) is 17.5 Å². The second kappa shape index (κ2) is 8.87.